The van der Waals surface area contributed by atoms with Gasteiger partial charge in [0.1, 0.15) is 0 Å². The molecule has 0 spiro atoms. The second-order valence-corrected chi connectivity index (χ2v) is 8.05. The van der Waals surface area contributed by atoms with E-state index in [1.807, 2.05) is 0 Å². The minimum absolute atomic E-state index is 0.0601. The maximum absolute atomic E-state index is 11.5. The van der Waals surface area contributed by atoms with Crippen molar-refractivity contribution in [3.05, 3.63) is 21.7 Å². The molecule has 0 atom stereocenters. The minimum Gasteiger partial charge on any atom is -0.281 e. The van der Waals surface area contributed by atoms with Gasteiger partial charge in [0.05, 0.1) is 26.4 Å². The summed E-state index contributed by atoms with van der Waals surface area (Å²) in [5.41, 5.74) is 0.0671. The average Bonchev–Trinajstić information content (AvgIpc) is 2.28. The number of halogens is 2. The SMILES string of the molecule is CCS(=O)(=O)Nc1c(Cl)cc(S(N)(=O)=O)c(C)c1Cl. The Bertz CT molecular complexity index is 714. The van der Waals surface area contributed by atoms with Crippen molar-refractivity contribution in [2.75, 3.05) is 10.5 Å². The van der Waals surface area contributed by atoms with Crippen molar-refractivity contribution >= 4 is 48.9 Å². The standard InChI is InChI=1S/C9H12Cl2N2O4S2/c1-3-18(14,15)13-9-6(10)4-7(19(12,16)17)5(2)8(9)11/h4,13H,3H2,1-2H3,(H2,12,16,17). The van der Waals surface area contributed by atoms with Gasteiger partial charge < -0.3 is 0 Å². The molecule has 19 heavy (non-hydrogen) atoms. The van der Waals surface area contributed by atoms with E-state index in [4.69, 9.17) is 28.3 Å². The van der Waals surface area contributed by atoms with Gasteiger partial charge in [-0.05, 0) is 25.5 Å². The van der Waals surface area contributed by atoms with Crippen LogP contribution in [-0.4, -0.2) is 22.6 Å². The van der Waals surface area contributed by atoms with Crippen molar-refractivity contribution in [3.63, 3.8) is 0 Å². The second kappa shape index (κ2) is 5.45. The molecule has 0 aliphatic rings. The molecule has 0 saturated heterocycles. The van der Waals surface area contributed by atoms with Crippen LogP contribution in [-0.2, 0) is 20.0 Å². The number of nitrogens with two attached hydrogens (primary N) is 1. The van der Waals surface area contributed by atoms with Crippen LogP contribution in [0.1, 0.15) is 12.5 Å². The summed E-state index contributed by atoms with van der Waals surface area (Å²) in [6.45, 7) is 2.85. The van der Waals surface area contributed by atoms with Gasteiger partial charge in [-0.15, -0.1) is 0 Å². The molecular weight excluding hydrogens is 335 g/mol. The Balaban J connectivity index is 3.52. The number of sulfonamides is 2. The molecule has 0 amide bonds. The fourth-order valence-corrected chi connectivity index (χ4v) is 3.57. The van der Waals surface area contributed by atoms with Gasteiger partial charge in [-0.1, -0.05) is 23.2 Å². The molecule has 10 heteroatoms. The van der Waals surface area contributed by atoms with Gasteiger partial charge in [0.15, 0.2) is 0 Å². The highest BCUT2D eigenvalue weighted by Gasteiger charge is 2.21. The van der Waals surface area contributed by atoms with Gasteiger partial charge in [0.25, 0.3) is 0 Å². The molecule has 0 unspecified atom stereocenters. The number of benzene rings is 1. The van der Waals surface area contributed by atoms with Crippen molar-refractivity contribution in [1.29, 1.82) is 0 Å². The second-order valence-electron chi connectivity index (χ2n) is 3.72. The molecule has 6 nitrogen and oxygen atoms in total. The van der Waals surface area contributed by atoms with Gasteiger partial charge in [-0.3, -0.25) is 4.72 Å². The summed E-state index contributed by atoms with van der Waals surface area (Å²) < 4.78 is 47.9. The van der Waals surface area contributed by atoms with E-state index < -0.39 is 20.0 Å². The first-order chi connectivity index (χ1) is 8.49. The summed E-state index contributed by atoms with van der Waals surface area (Å²) in [5, 5.41) is 4.77. The maximum Gasteiger partial charge on any atom is 0.238 e. The van der Waals surface area contributed by atoms with Crippen LogP contribution in [0, 0.1) is 6.92 Å². The van der Waals surface area contributed by atoms with Crippen molar-refractivity contribution in [3.8, 4) is 0 Å². The third-order valence-electron chi connectivity index (χ3n) is 2.36. The molecule has 0 fully saturated rings. The number of hydrogen-bond donors (Lipinski definition) is 2. The summed E-state index contributed by atoms with van der Waals surface area (Å²) in [5.74, 6) is -0.171. The van der Waals surface area contributed by atoms with Crippen LogP contribution in [0.3, 0.4) is 0 Å². The Kier molecular flexibility index (Phi) is 4.74. The molecule has 0 aromatic heterocycles. The zero-order valence-corrected chi connectivity index (χ0v) is 13.2. The topological polar surface area (TPSA) is 106 Å². The zero-order chi connectivity index (χ0) is 15.0. The molecular formula is C9H12Cl2N2O4S2. The lowest BCUT2D eigenvalue weighted by Crippen LogP contribution is -2.17. The maximum atomic E-state index is 11.5. The Morgan fingerprint density at radius 1 is 1.26 bits per heavy atom. The van der Waals surface area contributed by atoms with Crippen molar-refractivity contribution in [2.45, 2.75) is 18.7 Å². The molecule has 0 aliphatic heterocycles. The predicted molar refractivity (Wildman–Crippen MR) is 75.7 cm³/mol. The number of nitrogens with one attached hydrogen (secondary N) is 1. The third kappa shape index (κ3) is 3.73. The molecule has 1 aromatic rings. The van der Waals surface area contributed by atoms with Gasteiger partial charge >= 0.3 is 0 Å². The average molecular weight is 347 g/mol. The monoisotopic (exact) mass is 346 g/mol. The predicted octanol–water partition coefficient (Wildman–Crippen LogP) is 1.71. The number of primary sulfonamides is 1. The first-order valence-electron chi connectivity index (χ1n) is 5.01. The van der Waals surface area contributed by atoms with Crippen molar-refractivity contribution in [1.82, 2.24) is 0 Å². The first kappa shape index (κ1) is 16.5. The molecule has 0 saturated carbocycles. The van der Waals surface area contributed by atoms with Crippen LogP contribution >= 0.6 is 23.2 Å². The molecule has 0 radical (unpaired) electrons. The molecule has 3 N–H and O–H groups in total. The Morgan fingerprint density at radius 3 is 2.21 bits per heavy atom. The third-order valence-corrected chi connectivity index (χ3v) is 5.44. The van der Waals surface area contributed by atoms with Gasteiger partial charge in [-0.25, -0.2) is 22.0 Å². The number of rotatable bonds is 4. The molecule has 1 rings (SSSR count). The van der Waals surface area contributed by atoms with E-state index in [2.05, 4.69) is 4.72 Å². The quantitative estimate of drug-likeness (QED) is 0.865. The summed E-state index contributed by atoms with van der Waals surface area (Å²) >= 11 is 11.8. The summed E-state index contributed by atoms with van der Waals surface area (Å²) in [6.07, 6.45) is 0. The zero-order valence-electron chi connectivity index (χ0n) is 10.1. The summed E-state index contributed by atoms with van der Waals surface area (Å²) in [6, 6.07) is 1.06. The van der Waals surface area contributed by atoms with E-state index in [9.17, 15) is 16.8 Å². The molecule has 108 valence electrons. The van der Waals surface area contributed by atoms with Crippen LogP contribution in [0.15, 0.2) is 11.0 Å². The van der Waals surface area contributed by atoms with Crippen LogP contribution < -0.4 is 9.86 Å². The van der Waals surface area contributed by atoms with Crippen molar-refractivity contribution in [2.24, 2.45) is 5.14 Å². The molecule has 0 heterocycles. The Labute approximate surface area is 122 Å². The number of anilines is 1. The molecule has 0 bridgehead atoms. The van der Waals surface area contributed by atoms with E-state index in [0.717, 1.165) is 6.07 Å². The molecule has 1 aromatic carbocycles. The lowest BCUT2D eigenvalue weighted by atomic mass is 10.2. The van der Waals surface area contributed by atoms with E-state index in [1.54, 1.807) is 0 Å². The largest absolute Gasteiger partial charge is 0.281 e. The number of hydrogen-bond acceptors (Lipinski definition) is 4. The fraction of sp³-hybridized carbons (Fsp3) is 0.333. The smallest absolute Gasteiger partial charge is 0.238 e. The summed E-state index contributed by atoms with van der Waals surface area (Å²) in [7, 11) is -7.57. The van der Waals surface area contributed by atoms with Crippen LogP contribution in [0.2, 0.25) is 10.0 Å². The normalized spacial score (nSPS) is 12.5. The van der Waals surface area contributed by atoms with Gasteiger partial charge in [0.2, 0.25) is 20.0 Å². The highest BCUT2D eigenvalue weighted by atomic mass is 35.5. The van der Waals surface area contributed by atoms with E-state index in [1.165, 1.54) is 13.8 Å². The lowest BCUT2D eigenvalue weighted by molar-refractivity contribution is 0.597. The van der Waals surface area contributed by atoms with Crippen molar-refractivity contribution < 1.29 is 16.8 Å². The first-order valence-corrected chi connectivity index (χ1v) is 8.97. The van der Waals surface area contributed by atoms with E-state index in [-0.39, 0.29) is 31.9 Å². The van der Waals surface area contributed by atoms with Crippen LogP contribution in [0.5, 0.6) is 0 Å². The van der Waals surface area contributed by atoms with Crippen LogP contribution in [0.25, 0.3) is 0 Å². The highest BCUT2D eigenvalue weighted by Crippen LogP contribution is 2.37. The lowest BCUT2D eigenvalue weighted by Gasteiger charge is -2.14. The van der Waals surface area contributed by atoms with Gasteiger partial charge in [0, 0.05) is 0 Å². The van der Waals surface area contributed by atoms with Crippen LogP contribution in [0.4, 0.5) is 5.69 Å². The molecule has 0 aliphatic carbocycles. The van der Waals surface area contributed by atoms with E-state index in [0.29, 0.717) is 0 Å². The minimum atomic E-state index is -3.99. The highest BCUT2D eigenvalue weighted by molar-refractivity contribution is 7.92. The van der Waals surface area contributed by atoms with E-state index >= 15 is 0 Å². The Hall–Kier alpha value is -0.540. The summed E-state index contributed by atoms with van der Waals surface area (Å²) in [4.78, 5) is -0.248. The Morgan fingerprint density at radius 2 is 1.79 bits per heavy atom. The fourth-order valence-electron chi connectivity index (χ4n) is 1.31. The van der Waals surface area contributed by atoms with Gasteiger partial charge in [-0.2, -0.15) is 0 Å².